The molecule has 2 aromatic rings. The standard InChI is InChI=1S/C21H31N5O2/c1-21(2,3)28-20(27)25-12-10-24(11-13-25)16-8-9-17-18(14-16)26(19(22)23-17)15-6-4-5-7-15/h8-9,14-15H,4-7,10-13H2,1-3H3,(H2,22,23). The molecule has 1 saturated heterocycles. The van der Waals surface area contributed by atoms with Crippen molar-refractivity contribution < 1.29 is 9.53 Å². The maximum Gasteiger partial charge on any atom is 0.410 e. The lowest BCUT2D eigenvalue weighted by molar-refractivity contribution is 0.0240. The van der Waals surface area contributed by atoms with Gasteiger partial charge >= 0.3 is 6.09 Å². The third-order valence-corrected chi connectivity index (χ3v) is 5.69. The summed E-state index contributed by atoms with van der Waals surface area (Å²) in [5.74, 6) is 0.619. The van der Waals surface area contributed by atoms with Gasteiger partial charge in [0.05, 0.1) is 11.0 Å². The number of rotatable bonds is 2. The molecule has 2 N–H and O–H groups in total. The first kappa shape index (κ1) is 18.9. The fraction of sp³-hybridized carbons (Fsp3) is 0.619. The normalized spacial score (nSPS) is 18.8. The molecule has 0 spiro atoms. The van der Waals surface area contributed by atoms with Gasteiger partial charge in [0.2, 0.25) is 5.95 Å². The van der Waals surface area contributed by atoms with E-state index in [4.69, 9.17) is 10.5 Å². The first-order valence-electron chi connectivity index (χ1n) is 10.3. The highest BCUT2D eigenvalue weighted by atomic mass is 16.6. The number of aromatic nitrogens is 2. The second-order valence-corrected chi connectivity index (χ2v) is 8.91. The number of carbonyl (C=O) groups is 1. The first-order chi connectivity index (χ1) is 13.3. The van der Waals surface area contributed by atoms with Crippen LogP contribution in [0.1, 0.15) is 52.5 Å². The highest BCUT2D eigenvalue weighted by Crippen LogP contribution is 2.35. The van der Waals surface area contributed by atoms with Crippen LogP contribution in [0.5, 0.6) is 0 Å². The summed E-state index contributed by atoms with van der Waals surface area (Å²) in [6.45, 7) is 8.60. The van der Waals surface area contributed by atoms with Crippen molar-refractivity contribution in [2.24, 2.45) is 0 Å². The van der Waals surface area contributed by atoms with Gasteiger partial charge in [-0.2, -0.15) is 0 Å². The molecule has 152 valence electrons. The second-order valence-electron chi connectivity index (χ2n) is 8.91. The van der Waals surface area contributed by atoms with E-state index in [2.05, 4.69) is 32.7 Å². The molecule has 28 heavy (non-hydrogen) atoms. The predicted octanol–water partition coefficient (Wildman–Crippen LogP) is 3.79. The van der Waals surface area contributed by atoms with Crippen molar-refractivity contribution >= 4 is 28.8 Å². The van der Waals surface area contributed by atoms with Crippen LogP contribution in [0, 0.1) is 0 Å². The summed E-state index contributed by atoms with van der Waals surface area (Å²) in [5.41, 5.74) is 9.03. The number of hydrogen-bond acceptors (Lipinski definition) is 5. The average molecular weight is 386 g/mol. The lowest BCUT2D eigenvalue weighted by Crippen LogP contribution is -2.50. The molecule has 1 saturated carbocycles. The number of piperazine rings is 1. The zero-order valence-corrected chi connectivity index (χ0v) is 17.1. The number of nitrogens with zero attached hydrogens (tertiary/aromatic N) is 4. The number of hydrogen-bond donors (Lipinski definition) is 1. The number of amides is 1. The topological polar surface area (TPSA) is 76.6 Å². The highest BCUT2D eigenvalue weighted by molar-refractivity contribution is 5.82. The molecule has 1 amide bonds. The second kappa shape index (κ2) is 7.18. The van der Waals surface area contributed by atoms with Crippen LogP contribution in [0.15, 0.2) is 18.2 Å². The summed E-state index contributed by atoms with van der Waals surface area (Å²) in [6, 6.07) is 6.84. The number of ether oxygens (including phenoxy) is 1. The molecule has 1 aliphatic carbocycles. The van der Waals surface area contributed by atoms with E-state index in [0.717, 1.165) is 29.8 Å². The number of nitrogen functional groups attached to an aromatic ring is 1. The van der Waals surface area contributed by atoms with Crippen LogP contribution in [0.3, 0.4) is 0 Å². The van der Waals surface area contributed by atoms with E-state index in [1.807, 2.05) is 20.8 Å². The van der Waals surface area contributed by atoms with Gasteiger partial charge in [0.1, 0.15) is 5.60 Å². The van der Waals surface area contributed by atoms with E-state index in [0.29, 0.717) is 25.1 Å². The van der Waals surface area contributed by atoms with Crippen molar-refractivity contribution in [1.29, 1.82) is 0 Å². The Kier molecular flexibility index (Phi) is 4.85. The molecule has 0 atom stereocenters. The minimum absolute atomic E-state index is 0.227. The molecule has 7 heteroatoms. The van der Waals surface area contributed by atoms with Gasteiger partial charge < -0.3 is 24.8 Å². The molecule has 4 rings (SSSR count). The van der Waals surface area contributed by atoms with Crippen molar-refractivity contribution in [3.63, 3.8) is 0 Å². The van der Waals surface area contributed by atoms with Crippen LogP contribution in [0.25, 0.3) is 11.0 Å². The quantitative estimate of drug-likeness (QED) is 0.851. The number of anilines is 2. The van der Waals surface area contributed by atoms with Crippen LogP contribution in [0.2, 0.25) is 0 Å². The van der Waals surface area contributed by atoms with Crippen molar-refractivity contribution in [3.05, 3.63) is 18.2 Å². The molecule has 2 heterocycles. The minimum atomic E-state index is -0.460. The molecule has 0 radical (unpaired) electrons. The van der Waals surface area contributed by atoms with Gasteiger partial charge in [-0.05, 0) is 51.8 Å². The largest absolute Gasteiger partial charge is 0.444 e. The van der Waals surface area contributed by atoms with E-state index in [9.17, 15) is 4.79 Å². The summed E-state index contributed by atoms with van der Waals surface area (Å²) >= 11 is 0. The van der Waals surface area contributed by atoms with E-state index >= 15 is 0 Å². The summed E-state index contributed by atoms with van der Waals surface area (Å²) in [5, 5.41) is 0. The van der Waals surface area contributed by atoms with E-state index in [-0.39, 0.29) is 6.09 Å². The lowest BCUT2D eigenvalue weighted by atomic mass is 10.2. The molecule has 0 bridgehead atoms. The van der Waals surface area contributed by atoms with Gasteiger partial charge in [0, 0.05) is 37.9 Å². The number of benzene rings is 1. The SMILES string of the molecule is CC(C)(C)OC(=O)N1CCN(c2ccc3nc(N)n(C4CCCC4)c3c2)CC1. The zero-order valence-electron chi connectivity index (χ0n) is 17.1. The summed E-state index contributed by atoms with van der Waals surface area (Å²) in [6.07, 6.45) is 4.64. The highest BCUT2D eigenvalue weighted by Gasteiger charge is 2.27. The molecule has 1 aromatic carbocycles. The number of carbonyl (C=O) groups excluding carboxylic acids is 1. The Morgan fingerprint density at radius 2 is 1.82 bits per heavy atom. The van der Waals surface area contributed by atoms with Crippen LogP contribution < -0.4 is 10.6 Å². The summed E-state index contributed by atoms with van der Waals surface area (Å²) < 4.78 is 7.72. The molecular formula is C21H31N5O2. The third-order valence-electron chi connectivity index (χ3n) is 5.69. The van der Waals surface area contributed by atoms with Gasteiger partial charge in [-0.15, -0.1) is 0 Å². The molecule has 7 nitrogen and oxygen atoms in total. The zero-order chi connectivity index (χ0) is 19.9. The molecular weight excluding hydrogens is 354 g/mol. The number of nitrogens with two attached hydrogens (primary N) is 1. The van der Waals surface area contributed by atoms with Gasteiger partial charge in [0.25, 0.3) is 0 Å². The number of imidazole rings is 1. The third kappa shape index (κ3) is 3.75. The van der Waals surface area contributed by atoms with Gasteiger partial charge in [0.15, 0.2) is 0 Å². The number of fused-ring (bicyclic) bond motifs is 1. The summed E-state index contributed by atoms with van der Waals surface area (Å²) in [4.78, 5) is 21.0. The molecule has 1 aliphatic heterocycles. The van der Waals surface area contributed by atoms with Gasteiger partial charge in [-0.1, -0.05) is 12.8 Å². The predicted molar refractivity (Wildman–Crippen MR) is 112 cm³/mol. The Morgan fingerprint density at radius 1 is 1.14 bits per heavy atom. The monoisotopic (exact) mass is 385 g/mol. The van der Waals surface area contributed by atoms with Crippen molar-refractivity contribution in [2.75, 3.05) is 36.8 Å². The smallest absolute Gasteiger partial charge is 0.410 e. The Balaban J connectivity index is 1.49. The van der Waals surface area contributed by atoms with Crippen LogP contribution in [-0.4, -0.2) is 52.3 Å². The maximum atomic E-state index is 12.3. The van der Waals surface area contributed by atoms with Crippen molar-refractivity contribution in [2.45, 2.75) is 58.1 Å². The molecule has 2 fully saturated rings. The molecule has 2 aliphatic rings. The van der Waals surface area contributed by atoms with Gasteiger partial charge in [-0.3, -0.25) is 0 Å². The van der Waals surface area contributed by atoms with E-state index < -0.39 is 5.60 Å². The van der Waals surface area contributed by atoms with Crippen molar-refractivity contribution in [1.82, 2.24) is 14.5 Å². The first-order valence-corrected chi connectivity index (χ1v) is 10.3. The van der Waals surface area contributed by atoms with Crippen LogP contribution >= 0.6 is 0 Å². The lowest BCUT2D eigenvalue weighted by Gasteiger charge is -2.36. The Morgan fingerprint density at radius 3 is 2.46 bits per heavy atom. The molecule has 1 aromatic heterocycles. The Labute approximate surface area is 166 Å². The van der Waals surface area contributed by atoms with E-state index in [1.165, 1.54) is 25.7 Å². The summed E-state index contributed by atoms with van der Waals surface area (Å²) in [7, 11) is 0. The molecule has 0 unspecified atom stereocenters. The van der Waals surface area contributed by atoms with Crippen LogP contribution in [-0.2, 0) is 4.74 Å². The fourth-order valence-electron chi connectivity index (χ4n) is 4.32. The van der Waals surface area contributed by atoms with Crippen molar-refractivity contribution in [3.8, 4) is 0 Å². The van der Waals surface area contributed by atoms with Gasteiger partial charge in [-0.25, -0.2) is 9.78 Å². The minimum Gasteiger partial charge on any atom is -0.444 e. The maximum absolute atomic E-state index is 12.3. The van der Waals surface area contributed by atoms with Crippen LogP contribution in [0.4, 0.5) is 16.4 Å². The Bertz CT molecular complexity index is 856. The Hall–Kier alpha value is -2.44. The fourth-order valence-corrected chi connectivity index (χ4v) is 4.32. The average Bonchev–Trinajstić information content (AvgIpc) is 3.26. The van der Waals surface area contributed by atoms with E-state index in [1.54, 1.807) is 4.90 Å².